The molecule has 2 aromatic rings. The summed E-state index contributed by atoms with van der Waals surface area (Å²) >= 11 is 4.24. The fraction of sp³-hybridized carbons (Fsp3) is 0. The number of para-hydroxylation sites is 2. The first-order valence-electron chi connectivity index (χ1n) is 5.83. The van der Waals surface area contributed by atoms with Gasteiger partial charge in [0, 0.05) is 4.90 Å². The molecule has 2 aromatic carbocycles. The van der Waals surface area contributed by atoms with Gasteiger partial charge in [-0.25, -0.2) is 4.79 Å². The smallest absolute Gasteiger partial charge is 0.323 e. The summed E-state index contributed by atoms with van der Waals surface area (Å²) in [5.41, 5.74) is 6.43. The molecule has 3 amide bonds. The van der Waals surface area contributed by atoms with E-state index in [1.807, 2.05) is 6.07 Å². The second-order valence-electron chi connectivity index (χ2n) is 4.01. The molecule has 102 valence electrons. The number of rotatable bonds is 3. The lowest BCUT2D eigenvalue weighted by molar-refractivity contribution is 0.100. The Morgan fingerprint density at radius 1 is 0.900 bits per heavy atom. The Morgan fingerprint density at radius 2 is 1.45 bits per heavy atom. The summed E-state index contributed by atoms with van der Waals surface area (Å²) in [6.45, 7) is 0. The maximum absolute atomic E-state index is 11.9. The van der Waals surface area contributed by atoms with Crippen molar-refractivity contribution in [3.63, 3.8) is 0 Å². The quantitative estimate of drug-likeness (QED) is 0.654. The van der Waals surface area contributed by atoms with Crippen LogP contribution >= 0.6 is 12.6 Å². The zero-order valence-corrected chi connectivity index (χ0v) is 11.4. The maximum Gasteiger partial charge on any atom is 0.323 e. The summed E-state index contributed by atoms with van der Waals surface area (Å²) in [5.74, 6) is -0.601. The molecule has 0 heterocycles. The second kappa shape index (κ2) is 6.12. The van der Waals surface area contributed by atoms with Crippen molar-refractivity contribution in [3.05, 3.63) is 54.1 Å². The van der Waals surface area contributed by atoms with Crippen LogP contribution in [0.1, 0.15) is 10.4 Å². The van der Waals surface area contributed by atoms with Crippen LogP contribution < -0.4 is 16.4 Å². The predicted octanol–water partition coefficient (Wildman–Crippen LogP) is 2.72. The molecule has 6 heteroatoms. The normalized spacial score (nSPS) is 9.85. The van der Waals surface area contributed by atoms with Crippen LogP contribution in [-0.2, 0) is 0 Å². The molecule has 0 bridgehead atoms. The molecular formula is C14H13N3O2S. The molecule has 0 saturated carbocycles. The van der Waals surface area contributed by atoms with Crippen LogP contribution in [0.2, 0.25) is 0 Å². The van der Waals surface area contributed by atoms with E-state index < -0.39 is 11.9 Å². The Bertz CT molecular complexity index is 658. The van der Waals surface area contributed by atoms with E-state index in [1.54, 1.807) is 42.5 Å². The fourth-order valence-electron chi connectivity index (χ4n) is 1.66. The van der Waals surface area contributed by atoms with Crippen molar-refractivity contribution in [1.29, 1.82) is 0 Å². The fourth-order valence-corrected chi connectivity index (χ4v) is 1.88. The summed E-state index contributed by atoms with van der Waals surface area (Å²) in [6.07, 6.45) is 0. The number of urea groups is 1. The third kappa shape index (κ3) is 3.30. The Morgan fingerprint density at radius 3 is 2.10 bits per heavy atom. The highest BCUT2D eigenvalue weighted by Crippen LogP contribution is 2.19. The monoisotopic (exact) mass is 287 g/mol. The maximum atomic E-state index is 11.9. The first-order valence-corrected chi connectivity index (χ1v) is 6.27. The Labute approximate surface area is 121 Å². The van der Waals surface area contributed by atoms with E-state index in [9.17, 15) is 9.59 Å². The van der Waals surface area contributed by atoms with Gasteiger partial charge in [0.05, 0.1) is 16.9 Å². The zero-order valence-electron chi connectivity index (χ0n) is 10.5. The SMILES string of the molecule is NC(=O)c1ccccc1NC(=O)Nc1ccccc1S. The molecule has 0 fully saturated rings. The van der Waals surface area contributed by atoms with Gasteiger partial charge in [-0.05, 0) is 24.3 Å². The van der Waals surface area contributed by atoms with E-state index in [1.165, 1.54) is 0 Å². The summed E-state index contributed by atoms with van der Waals surface area (Å²) in [7, 11) is 0. The van der Waals surface area contributed by atoms with Crippen LogP contribution in [0.3, 0.4) is 0 Å². The number of thiol groups is 1. The standard InChI is InChI=1S/C14H13N3O2S/c15-13(18)9-5-1-2-6-10(9)16-14(19)17-11-7-3-4-8-12(11)20/h1-8,20H,(H2,15,18)(H2,16,17,19). The molecule has 0 unspecified atom stereocenters. The van der Waals surface area contributed by atoms with Crippen molar-refractivity contribution in [2.45, 2.75) is 4.90 Å². The molecule has 0 saturated heterocycles. The molecule has 5 nitrogen and oxygen atoms in total. The molecule has 4 N–H and O–H groups in total. The minimum atomic E-state index is -0.601. The van der Waals surface area contributed by atoms with E-state index in [0.29, 0.717) is 16.3 Å². The lowest BCUT2D eigenvalue weighted by atomic mass is 10.1. The number of hydrogen-bond acceptors (Lipinski definition) is 3. The van der Waals surface area contributed by atoms with Gasteiger partial charge in [-0.15, -0.1) is 12.6 Å². The molecule has 0 aliphatic carbocycles. The molecule has 0 aliphatic heterocycles. The minimum absolute atomic E-state index is 0.252. The van der Waals surface area contributed by atoms with E-state index in [4.69, 9.17) is 5.73 Å². The van der Waals surface area contributed by atoms with Crippen molar-refractivity contribution < 1.29 is 9.59 Å². The van der Waals surface area contributed by atoms with Crippen LogP contribution in [0, 0.1) is 0 Å². The summed E-state index contributed by atoms with van der Waals surface area (Å²) in [5, 5.41) is 5.23. The molecule has 20 heavy (non-hydrogen) atoms. The largest absolute Gasteiger partial charge is 0.366 e. The van der Waals surface area contributed by atoms with Gasteiger partial charge in [0.15, 0.2) is 0 Å². The number of hydrogen-bond donors (Lipinski definition) is 4. The number of nitrogens with one attached hydrogen (secondary N) is 2. The lowest BCUT2D eigenvalue weighted by Crippen LogP contribution is -2.22. The number of benzene rings is 2. The van der Waals surface area contributed by atoms with Crippen molar-refractivity contribution in [1.82, 2.24) is 0 Å². The lowest BCUT2D eigenvalue weighted by Gasteiger charge is -2.11. The van der Waals surface area contributed by atoms with E-state index in [2.05, 4.69) is 23.3 Å². The van der Waals surface area contributed by atoms with Gasteiger partial charge >= 0.3 is 6.03 Å². The zero-order chi connectivity index (χ0) is 14.5. The summed E-state index contributed by atoms with van der Waals surface area (Å²) < 4.78 is 0. The minimum Gasteiger partial charge on any atom is -0.366 e. The molecule has 2 rings (SSSR count). The number of anilines is 2. The Kier molecular flexibility index (Phi) is 4.27. The van der Waals surface area contributed by atoms with Gasteiger partial charge in [-0.2, -0.15) is 0 Å². The van der Waals surface area contributed by atoms with Gasteiger partial charge < -0.3 is 16.4 Å². The highest BCUT2D eigenvalue weighted by Gasteiger charge is 2.10. The molecule has 0 radical (unpaired) electrons. The first-order chi connectivity index (χ1) is 9.58. The van der Waals surface area contributed by atoms with Gasteiger partial charge in [-0.3, -0.25) is 4.79 Å². The Balaban J connectivity index is 2.13. The third-order valence-corrected chi connectivity index (χ3v) is 2.98. The van der Waals surface area contributed by atoms with Gasteiger partial charge in [0.2, 0.25) is 0 Å². The third-order valence-electron chi connectivity index (χ3n) is 2.59. The van der Waals surface area contributed by atoms with Gasteiger partial charge in [0.25, 0.3) is 5.91 Å². The second-order valence-corrected chi connectivity index (χ2v) is 4.49. The molecule has 0 spiro atoms. The van der Waals surface area contributed by atoms with Crippen molar-refractivity contribution >= 4 is 35.9 Å². The molecule has 0 aliphatic rings. The van der Waals surface area contributed by atoms with Gasteiger partial charge in [0.1, 0.15) is 0 Å². The van der Waals surface area contributed by atoms with E-state index in [0.717, 1.165) is 0 Å². The van der Waals surface area contributed by atoms with Crippen molar-refractivity contribution in [2.75, 3.05) is 10.6 Å². The van der Waals surface area contributed by atoms with Crippen LogP contribution in [-0.4, -0.2) is 11.9 Å². The topological polar surface area (TPSA) is 84.2 Å². The number of carbonyl (C=O) groups excluding carboxylic acids is 2. The van der Waals surface area contributed by atoms with Crippen LogP contribution in [0.5, 0.6) is 0 Å². The number of amides is 3. The predicted molar refractivity (Wildman–Crippen MR) is 81.3 cm³/mol. The average Bonchev–Trinajstić information content (AvgIpc) is 2.41. The Hall–Kier alpha value is -2.47. The van der Waals surface area contributed by atoms with E-state index >= 15 is 0 Å². The summed E-state index contributed by atoms with van der Waals surface area (Å²) in [4.78, 5) is 23.8. The molecule has 0 aromatic heterocycles. The average molecular weight is 287 g/mol. The first kappa shape index (κ1) is 14.0. The van der Waals surface area contributed by atoms with Crippen LogP contribution in [0.4, 0.5) is 16.2 Å². The number of nitrogens with two attached hydrogens (primary N) is 1. The van der Waals surface area contributed by atoms with Crippen molar-refractivity contribution in [2.24, 2.45) is 5.73 Å². The molecular weight excluding hydrogens is 274 g/mol. The number of primary amides is 1. The summed E-state index contributed by atoms with van der Waals surface area (Å²) in [6, 6.07) is 13.1. The van der Waals surface area contributed by atoms with E-state index in [-0.39, 0.29) is 5.56 Å². The number of carbonyl (C=O) groups is 2. The highest BCUT2D eigenvalue weighted by atomic mass is 32.1. The molecule has 0 atom stereocenters. The van der Waals surface area contributed by atoms with Crippen LogP contribution in [0.15, 0.2) is 53.4 Å². The van der Waals surface area contributed by atoms with Gasteiger partial charge in [-0.1, -0.05) is 24.3 Å². The van der Waals surface area contributed by atoms with Crippen molar-refractivity contribution in [3.8, 4) is 0 Å². The highest BCUT2D eigenvalue weighted by molar-refractivity contribution is 7.80. The van der Waals surface area contributed by atoms with Crippen LogP contribution in [0.25, 0.3) is 0 Å².